The van der Waals surface area contributed by atoms with E-state index in [1.54, 1.807) is 43.1 Å². The van der Waals surface area contributed by atoms with Crippen molar-refractivity contribution >= 4 is 46.1 Å². The van der Waals surface area contributed by atoms with Crippen molar-refractivity contribution in [2.24, 2.45) is 0 Å². The van der Waals surface area contributed by atoms with E-state index in [-0.39, 0.29) is 5.95 Å². The smallest absolute Gasteiger partial charge is 0.326 e. The monoisotopic (exact) mass is 474 g/mol. The highest BCUT2D eigenvalue weighted by Crippen LogP contribution is 2.34. The molecule has 1 aliphatic rings. The first-order chi connectivity index (χ1) is 16.7. The van der Waals surface area contributed by atoms with Crippen LogP contribution in [0.3, 0.4) is 0 Å². The van der Waals surface area contributed by atoms with Crippen LogP contribution in [0.1, 0.15) is 19.3 Å². The first-order valence-corrected chi connectivity index (χ1v) is 12.1. The summed E-state index contributed by atoms with van der Waals surface area (Å²) in [5.41, 5.74) is 1.73. The second kappa shape index (κ2) is 10.0. The van der Waals surface area contributed by atoms with E-state index in [0.717, 1.165) is 58.3 Å². The molecule has 2 aromatic carbocycles. The molecule has 3 heterocycles. The molecular formula is C25H26N6O2S. The van der Waals surface area contributed by atoms with Gasteiger partial charge in [0.1, 0.15) is 16.6 Å². The molecule has 0 saturated carbocycles. The number of methoxy groups -OCH3 is 1. The highest BCUT2D eigenvalue weighted by molar-refractivity contribution is 7.99. The number of carbonyl (C=O) groups excluding carboxylic acids is 1. The van der Waals surface area contributed by atoms with Crippen LogP contribution < -0.4 is 20.3 Å². The number of ether oxygens (including phenoxy) is 1. The molecule has 34 heavy (non-hydrogen) atoms. The fourth-order valence-corrected chi connectivity index (χ4v) is 4.91. The van der Waals surface area contributed by atoms with Gasteiger partial charge in [0.25, 0.3) is 0 Å². The van der Waals surface area contributed by atoms with Gasteiger partial charge < -0.3 is 19.9 Å². The normalized spacial score (nSPS) is 13.6. The molecule has 1 aliphatic heterocycles. The molecule has 2 amide bonds. The highest BCUT2D eigenvalue weighted by Gasteiger charge is 2.17. The Morgan fingerprint density at radius 1 is 1.03 bits per heavy atom. The summed E-state index contributed by atoms with van der Waals surface area (Å²) in [4.78, 5) is 28.6. The Hall–Kier alpha value is -3.72. The predicted molar refractivity (Wildman–Crippen MR) is 136 cm³/mol. The topological polar surface area (TPSA) is 95.2 Å². The standard InChI is InChI=1S/C25H26N6O2S/c1-33-18-11-9-17(10-12-18)27-25(32)30-24-28-22(31-13-5-2-6-14-31)15-23(29-24)34-21-16-26-20-8-4-3-7-19(20)21/h3-4,7-12,15-16,26H,2,5-6,13-14H2,1H3,(H2,27,28,29,30,32). The van der Waals surface area contributed by atoms with E-state index < -0.39 is 6.03 Å². The van der Waals surface area contributed by atoms with Gasteiger partial charge in [0, 0.05) is 46.8 Å². The average molecular weight is 475 g/mol. The van der Waals surface area contributed by atoms with Crippen LogP contribution in [-0.4, -0.2) is 41.2 Å². The molecule has 8 nitrogen and oxygen atoms in total. The van der Waals surface area contributed by atoms with Gasteiger partial charge >= 0.3 is 6.03 Å². The number of aromatic amines is 1. The molecule has 3 N–H and O–H groups in total. The molecule has 174 valence electrons. The Labute approximate surface area is 202 Å². The number of anilines is 3. The van der Waals surface area contributed by atoms with Gasteiger partial charge in [0.2, 0.25) is 5.95 Å². The third-order valence-corrected chi connectivity index (χ3v) is 6.68. The van der Waals surface area contributed by atoms with Crippen molar-refractivity contribution in [3.05, 3.63) is 60.8 Å². The summed E-state index contributed by atoms with van der Waals surface area (Å²) in [5, 5.41) is 7.54. The van der Waals surface area contributed by atoms with Gasteiger partial charge in [0.15, 0.2) is 0 Å². The number of fused-ring (bicyclic) bond motifs is 1. The van der Waals surface area contributed by atoms with E-state index in [1.807, 2.05) is 24.4 Å². The van der Waals surface area contributed by atoms with Crippen molar-refractivity contribution in [1.29, 1.82) is 0 Å². The van der Waals surface area contributed by atoms with Gasteiger partial charge in [-0.25, -0.2) is 9.78 Å². The number of hydrogen-bond donors (Lipinski definition) is 3. The summed E-state index contributed by atoms with van der Waals surface area (Å²) in [5.74, 6) is 1.83. The van der Waals surface area contributed by atoms with E-state index in [4.69, 9.17) is 4.74 Å². The number of nitrogens with one attached hydrogen (secondary N) is 3. The molecule has 0 atom stereocenters. The third kappa shape index (κ3) is 5.09. The second-order valence-corrected chi connectivity index (χ2v) is 9.11. The number of rotatable bonds is 6. The van der Waals surface area contributed by atoms with Crippen molar-refractivity contribution in [3.63, 3.8) is 0 Å². The van der Waals surface area contributed by atoms with Gasteiger partial charge in [-0.05, 0) is 49.6 Å². The summed E-state index contributed by atoms with van der Waals surface area (Å²) in [6.45, 7) is 1.90. The molecule has 0 bridgehead atoms. The van der Waals surface area contributed by atoms with Gasteiger partial charge in [-0.1, -0.05) is 30.0 Å². The van der Waals surface area contributed by atoms with Crippen LogP contribution in [0.25, 0.3) is 10.9 Å². The van der Waals surface area contributed by atoms with E-state index >= 15 is 0 Å². The molecule has 9 heteroatoms. The number of H-pyrrole nitrogens is 1. The highest BCUT2D eigenvalue weighted by atomic mass is 32.2. The molecule has 2 aromatic heterocycles. The number of benzene rings is 2. The minimum Gasteiger partial charge on any atom is -0.497 e. The quantitative estimate of drug-likeness (QED) is 0.308. The Bertz CT molecular complexity index is 1280. The van der Waals surface area contributed by atoms with Crippen molar-refractivity contribution < 1.29 is 9.53 Å². The van der Waals surface area contributed by atoms with Gasteiger partial charge in [-0.3, -0.25) is 5.32 Å². The van der Waals surface area contributed by atoms with Crippen LogP contribution >= 0.6 is 11.8 Å². The van der Waals surface area contributed by atoms with Crippen molar-refractivity contribution in [2.75, 3.05) is 35.7 Å². The second-order valence-electron chi connectivity index (χ2n) is 8.04. The zero-order valence-corrected chi connectivity index (χ0v) is 19.7. The molecule has 0 unspecified atom stereocenters. The van der Waals surface area contributed by atoms with Crippen LogP contribution in [-0.2, 0) is 0 Å². The molecular weight excluding hydrogens is 448 g/mol. The van der Waals surface area contributed by atoms with Crippen LogP contribution in [0.4, 0.5) is 22.2 Å². The number of urea groups is 1. The average Bonchev–Trinajstić information content (AvgIpc) is 3.27. The summed E-state index contributed by atoms with van der Waals surface area (Å²) >= 11 is 1.56. The lowest BCUT2D eigenvalue weighted by molar-refractivity contribution is 0.262. The molecule has 1 saturated heterocycles. The van der Waals surface area contributed by atoms with Gasteiger partial charge in [0.05, 0.1) is 7.11 Å². The van der Waals surface area contributed by atoms with E-state index in [9.17, 15) is 4.79 Å². The first kappa shape index (κ1) is 22.1. The van der Waals surface area contributed by atoms with Gasteiger partial charge in [-0.2, -0.15) is 4.98 Å². The number of para-hydroxylation sites is 1. The van der Waals surface area contributed by atoms with Crippen molar-refractivity contribution in [3.8, 4) is 5.75 Å². The Kier molecular flexibility index (Phi) is 6.53. The Morgan fingerprint density at radius 2 is 1.82 bits per heavy atom. The lowest BCUT2D eigenvalue weighted by Crippen LogP contribution is -2.30. The fourth-order valence-electron chi connectivity index (χ4n) is 3.99. The predicted octanol–water partition coefficient (Wildman–Crippen LogP) is 5.75. The zero-order chi connectivity index (χ0) is 23.3. The number of amides is 2. The lowest BCUT2D eigenvalue weighted by Gasteiger charge is -2.28. The van der Waals surface area contributed by atoms with Crippen LogP contribution in [0, 0.1) is 0 Å². The molecule has 0 aliphatic carbocycles. The zero-order valence-electron chi connectivity index (χ0n) is 18.9. The van der Waals surface area contributed by atoms with Crippen LogP contribution in [0.5, 0.6) is 5.75 Å². The Balaban J connectivity index is 1.39. The van der Waals surface area contributed by atoms with E-state index in [0.29, 0.717) is 5.69 Å². The van der Waals surface area contributed by atoms with E-state index in [1.165, 1.54) is 6.42 Å². The fraction of sp³-hybridized carbons (Fsp3) is 0.240. The summed E-state index contributed by atoms with van der Waals surface area (Å²) in [6.07, 6.45) is 5.49. The number of hydrogen-bond acceptors (Lipinski definition) is 6. The summed E-state index contributed by atoms with van der Waals surface area (Å²) in [6, 6.07) is 16.9. The van der Waals surface area contributed by atoms with Crippen LogP contribution in [0.2, 0.25) is 0 Å². The molecule has 4 aromatic rings. The summed E-state index contributed by atoms with van der Waals surface area (Å²) in [7, 11) is 1.60. The van der Waals surface area contributed by atoms with Crippen molar-refractivity contribution in [1.82, 2.24) is 15.0 Å². The molecule has 5 rings (SSSR count). The van der Waals surface area contributed by atoms with Crippen molar-refractivity contribution in [2.45, 2.75) is 29.2 Å². The van der Waals surface area contributed by atoms with E-state index in [2.05, 4.69) is 42.6 Å². The molecule has 0 spiro atoms. The Morgan fingerprint density at radius 3 is 2.62 bits per heavy atom. The minimum absolute atomic E-state index is 0.274. The molecule has 1 fully saturated rings. The summed E-state index contributed by atoms with van der Waals surface area (Å²) < 4.78 is 5.17. The van der Waals surface area contributed by atoms with Crippen LogP contribution in [0.15, 0.2) is 70.7 Å². The number of carbonyl (C=O) groups is 1. The number of nitrogens with zero attached hydrogens (tertiary/aromatic N) is 3. The largest absolute Gasteiger partial charge is 0.497 e. The molecule has 0 radical (unpaired) electrons. The maximum Gasteiger partial charge on any atom is 0.326 e. The SMILES string of the molecule is COc1ccc(NC(=O)Nc2nc(Sc3c[nH]c4ccccc34)cc(N3CCCCC3)n2)cc1. The lowest BCUT2D eigenvalue weighted by atomic mass is 10.1. The maximum atomic E-state index is 12.7. The minimum atomic E-state index is -0.399. The number of piperidine rings is 1. The maximum absolute atomic E-state index is 12.7. The number of aromatic nitrogens is 3. The third-order valence-electron chi connectivity index (χ3n) is 5.71. The van der Waals surface area contributed by atoms with Gasteiger partial charge in [-0.15, -0.1) is 0 Å². The first-order valence-electron chi connectivity index (χ1n) is 11.3.